The molecule has 82 valence electrons. The van der Waals surface area contributed by atoms with Gasteiger partial charge in [0.1, 0.15) is 5.82 Å². The standard InChI is InChI=1S/C11H18N4/c1-2-3-10-8-13-6-7-15(10)11-9-12-4-5-14-11/h4-5,9-10,13H,2-3,6-8H2,1H3. The van der Waals surface area contributed by atoms with Gasteiger partial charge < -0.3 is 10.2 Å². The van der Waals surface area contributed by atoms with Crippen molar-refractivity contribution in [3.8, 4) is 0 Å². The molecule has 0 bridgehead atoms. The molecule has 15 heavy (non-hydrogen) atoms. The van der Waals surface area contributed by atoms with Crippen LogP contribution in [0.15, 0.2) is 18.6 Å². The lowest BCUT2D eigenvalue weighted by Crippen LogP contribution is -2.51. The van der Waals surface area contributed by atoms with E-state index in [-0.39, 0.29) is 0 Å². The van der Waals surface area contributed by atoms with Crippen molar-refractivity contribution < 1.29 is 0 Å². The maximum atomic E-state index is 4.37. The first-order valence-electron chi connectivity index (χ1n) is 5.65. The van der Waals surface area contributed by atoms with Gasteiger partial charge in [-0.3, -0.25) is 4.98 Å². The van der Waals surface area contributed by atoms with Crippen LogP contribution in [-0.4, -0.2) is 35.6 Å². The number of nitrogens with one attached hydrogen (secondary N) is 1. The Morgan fingerprint density at radius 1 is 1.53 bits per heavy atom. The van der Waals surface area contributed by atoms with Crippen LogP contribution in [0.5, 0.6) is 0 Å². The lowest BCUT2D eigenvalue weighted by atomic mass is 10.1. The summed E-state index contributed by atoms with van der Waals surface area (Å²) in [6, 6.07) is 0.570. The minimum absolute atomic E-state index is 0.570. The quantitative estimate of drug-likeness (QED) is 0.802. The van der Waals surface area contributed by atoms with E-state index in [1.54, 1.807) is 12.4 Å². The van der Waals surface area contributed by atoms with Gasteiger partial charge in [0.15, 0.2) is 0 Å². The number of aromatic nitrogens is 2. The Bertz CT molecular complexity index is 286. The van der Waals surface area contributed by atoms with Gasteiger partial charge in [0, 0.05) is 38.1 Å². The first-order chi connectivity index (χ1) is 7.42. The van der Waals surface area contributed by atoms with Crippen molar-refractivity contribution in [3.05, 3.63) is 18.6 Å². The highest BCUT2D eigenvalue weighted by molar-refractivity contribution is 5.37. The fourth-order valence-corrected chi connectivity index (χ4v) is 2.09. The Morgan fingerprint density at radius 2 is 2.47 bits per heavy atom. The van der Waals surface area contributed by atoms with E-state index in [0.717, 1.165) is 25.5 Å². The van der Waals surface area contributed by atoms with E-state index in [0.29, 0.717) is 6.04 Å². The average Bonchev–Trinajstić information content (AvgIpc) is 2.31. The van der Waals surface area contributed by atoms with Crippen LogP contribution < -0.4 is 10.2 Å². The zero-order chi connectivity index (χ0) is 10.5. The fraction of sp³-hybridized carbons (Fsp3) is 0.636. The minimum atomic E-state index is 0.570. The summed E-state index contributed by atoms with van der Waals surface area (Å²) in [5.41, 5.74) is 0. The fourth-order valence-electron chi connectivity index (χ4n) is 2.09. The molecule has 1 saturated heterocycles. The van der Waals surface area contributed by atoms with Crippen molar-refractivity contribution in [2.75, 3.05) is 24.5 Å². The van der Waals surface area contributed by atoms with Crippen LogP contribution in [0, 0.1) is 0 Å². The van der Waals surface area contributed by atoms with Gasteiger partial charge in [-0.2, -0.15) is 0 Å². The van der Waals surface area contributed by atoms with Gasteiger partial charge in [-0.15, -0.1) is 0 Å². The largest absolute Gasteiger partial charge is 0.350 e. The number of piperazine rings is 1. The zero-order valence-corrected chi connectivity index (χ0v) is 9.19. The van der Waals surface area contributed by atoms with Crippen LogP contribution >= 0.6 is 0 Å². The Labute approximate surface area is 90.7 Å². The SMILES string of the molecule is CCCC1CNCCN1c1cnccn1. The molecule has 0 radical (unpaired) electrons. The highest BCUT2D eigenvalue weighted by atomic mass is 15.3. The van der Waals surface area contributed by atoms with E-state index in [1.807, 2.05) is 6.20 Å². The molecule has 4 heteroatoms. The molecule has 0 spiro atoms. The van der Waals surface area contributed by atoms with Crippen molar-refractivity contribution in [2.45, 2.75) is 25.8 Å². The second-order valence-electron chi connectivity index (χ2n) is 3.90. The minimum Gasteiger partial charge on any atom is -0.350 e. The molecule has 1 N–H and O–H groups in total. The summed E-state index contributed by atoms with van der Waals surface area (Å²) in [5, 5.41) is 3.43. The van der Waals surface area contributed by atoms with Crippen LogP contribution in [0.25, 0.3) is 0 Å². The molecule has 0 amide bonds. The molecule has 0 aliphatic carbocycles. The second-order valence-corrected chi connectivity index (χ2v) is 3.90. The van der Waals surface area contributed by atoms with Gasteiger partial charge in [-0.1, -0.05) is 13.3 Å². The first kappa shape index (κ1) is 10.4. The molecule has 1 fully saturated rings. The number of anilines is 1. The molecule has 1 unspecified atom stereocenters. The summed E-state index contributed by atoms with van der Waals surface area (Å²) >= 11 is 0. The van der Waals surface area contributed by atoms with Gasteiger partial charge in [0.2, 0.25) is 0 Å². The molecule has 1 aliphatic heterocycles. The Hall–Kier alpha value is -1.16. The zero-order valence-electron chi connectivity index (χ0n) is 9.19. The number of rotatable bonds is 3. The number of hydrogen-bond acceptors (Lipinski definition) is 4. The van der Waals surface area contributed by atoms with Crippen LogP contribution in [0.2, 0.25) is 0 Å². The van der Waals surface area contributed by atoms with Crippen molar-refractivity contribution >= 4 is 5.82 Å². The Kier molecular flexibility index (Phi) is 3.50. The molecule has 0 aromatic carbocycles. The first-order valence-corrected chi connectivity index (χ1v) is 5.65. The normalized spacial score (nSPS) is 21.7. The molecular weight excluding hydrogens is 188 g/mol. The molecular formula is C11H18N4. The third kappa shape index (κ3) is 2.45. The Balaban J connectivity index is 2.11. The van der Waals surface area contributed by atoms with Crippen molar-refractivity contribution in [1.82, 2.24) is 15.3 Å². The van der Waals surface area contributed by atoms with E-state index in [1.165, 1.54) is 12.8 Å². The smallest absolute Gasteiger partial charge is 0.147 e. The molecule has 1 aromatic rings. The molecule has 1 aromatic heterocycles. The van der Waals surface area contributed by atoms with Gasteiger partial charge in [0.05, 0.1) is 6.20 Å². The van der Waals surface area contributed by atoms with Crippen molar-refractivity contribution in [2.24, 2.45) is 0 Å². The van der Waals surface area contributed by atoms with Crippen LogP contribution in [0.3, 0.4) is 0 Å². The topological polar surface area (TPSA) is 41.0 Å². The number of nitrogens with zero attached hydrogens (tertiary/aromatic N) is 3. The van der Waals surface area contributed by atoms with Crippen LogP contribution in [-0.2, 0) is 0 Å². The van der Waals surface area contributed by atoms with Gasteiger partial charge in [-0.25, -0.2) is 4.98 Å². The van der Waals surface area contributed by atoms with E-state index in [2.05, 4.69) is 27.1 Å². The molecule has 2 heterocycles. The monoisotopic (exact) mass is 206 g/mol. The summed E-state index contributed by atoms with van der Waals surface area (Å²) < 4.78 is 0. The van der Waals surface area contributed by atoms with Gasteiger partial charge in [0.25, 0.3) is 0 Å². The molecule has 4 nitrogen and oxygen atoms in total. The average molecular weight is 206 g/mol. The van der Waals surface area contributed by atoms with Gasteiger partial charge in [-0.05, 0) is 6.42 Å². The van der Waals surface area contributed by atoms with E-state index >= 15 is 0 Å². The third-order valence-electron chi connectivity index (χ3n) is 2.82. The number of hydrogen-bond donors (Lipinski definition) is 1. The lowest BCUT2D eigenvalue weighted by molar-refractivity contribution is 0.447. The van der Waals surface area contributed by atoms with Crippen molar-refractivity contribution in [1.29, 1.82) is 0 Å². The highest BCUT2D eigenvalue weighted by Gasteiger charge is 2.22. The predicted molar refractivity (Wildman–Crippen MR) is 60.9 cm³/mol. The maximum absolute atomic E-state index is 4.37. The Morgan fingerprint density at radius 3 is 3.20 bits per heavy atom. The van der Waals surface area contributed by atoms with E-state index in [4.69, 9.17) is 0 Å². The maximum Gasteiger partial charge on any atom is 0.147 e. The third-order valence-corrected chi connectivity index (χ3v) is 2.82. The highest BCUT2D eigenvalue weighted by Crippen LogP contribution is 2.16. The predicted octanol–water partition coefficient (Wildman–Crippen LogP) is 1.05. The van der Waals surface area contributed by atoms with Gasteiger partial charge >= 0.3 is 0 Å². The lowest BCUT2D eigenvalue weighted by Gasteiger charge is -2.36. The summed E-state index contributed by atoms with van der Waals surface area (Å²) in [4.78, 5) is 10.9. The summed E-state index contributed by atoms with van der Waals surface area (Å²) in [5.74, 6) is 1.01. The summed E-state index contributed by atoms with van der Waals surface area (Å²) in [6.45, 7) is 5.36. The van der Waals surface area contributed by atoms with Crippen molar-refractivity contribution in [3.63, 3.8) is 0 Å². The molecule has 0 saturated carbocycles. The molecule has 1 atom stereocenters. The molecule has 1 aliphatic rings. The summed E-state index contributed by atoms with van der Waals surface area (Å²) in [6.07, 6.45) is 7.77. The van der Waals surface area contributed by atoms with E-state index in [9.17, 15) is 0 Å². The van der Waals surface area contributed by atoms with Crippen LogP contribution in [0.4, 0.5) is 5.82 Å². The summed E-state index contributed by atoms with van der Waals surface area (Å²) in [7, 11) is 0. The van der Waals surface area contributed by atoms with Crippen LogP contribution in [0.1, 0.15) is 19.8 Å². The molecule has 2 rings (SSSR count). The van der Waals surface area contributed by atoms with E-state index < -0.39 is 0 Å². The second kappa shape index (κ2) is 5.07.